The zero-order valence-electron chi connectivity index (χ0n) is 23.4. The van der Waals surface area contributed by atoms with Crippen LogP contribution in [0.5, 0.6) is 0 Å². The van der Waals surface area contributed by atoms with Gasteiger partial charge in [0.2, 0.25) is 21.8 Å². The summed E-state index contributed by atoms with van der Waals surface area (Å²) >= 11 is 12.4. The van der Waals surface area contributed by atoms with Crippen molar-refractivity contribution >= 4 is 50.7 Å². The highest BCUT2D eigenvalue weighted by atomic mass is 35.5. The Labute approximate surface area is 253 Å². The van der Waals surface area contributed by atoms with Gasteiger partial charge in [-0.2, -0.15) is 0 Å². The number of anilines is 1. The van der Waals surface area contributed by atoms with Gasteiger partial charge in [0, 0.05) is 32.5 Å². The van der Waals surface area contributed by atoms with E-state index in [1.807, 2.05) is 43.3 Å². The van der Waals surface area contributed by atoms with Crippen molar-refractivity contribution in [1.82, 2.24) is 10.2 Å². The van der Waals surface area contributed by atoms with Crippen LogP contribution in [0.1, 0.15) is 43.7 Å². The van der Waals surface area contributed by atoms with Gasteiger partial charge in [0.25, 0.3) is 0 Å². The van der Waals surface area contributed by atoms with Crippen LogP contribution in [0.2, 0.25) is 10.0 Å². The first kappa shape index (κ1) is 32.4. The number of sulfonamides is 1. The second-order valence-corrected chi connectivity index (χ2v) is 12.6. The molecule has 0 bridgehead atoms. The van der Waals surface area contributed by atoms with Crippen LogP contribution in [-0.4, -0.2) is 50.5 Å². The van der Waals surface area contributed by atoms with Gasteiger partial charge in [-0.15, -0.1) is 0 Å². The lowest BCUT2D eigenvalue weighted by Gasteiger charge is -2.32. The molecule has 3 aromatic carbocycles. The SMILES string of the molecule is CCCCNC(=O)C(Cc1ccccc1)N(Cc1ccc(Cl)c(Cl)c1)C(=O)CCCN(c1ccccc1)S(C)(=O)=O. The number of halogens is 2. The minimum atomic E-state index is -3.56. The normalized spacial score (nSPS) is 12.0. The number of hydrogen-bond acceptors (Lipinski definition) is 4. The number of nitrogens with zero attached hydrogens (tertiary/aromatic N) is 2. The summed E-state index contributed by atoms with van der Waals surface area (Å²) in [5.74, 6) is -0.498. The summed E-state index contributed by atoms with van der Waals surface area (Å²) in [6.07, 6.45) is 3.54. The Morgan fingerprint density at radius 2 is 1.54 bits per heavy atom. The largest absolute Gasteiger partial charge is 0.354 e. The summed E-state index contributed by atoms with van der Waals surface area (Å²) in [6.45, 7) is 2.82. The van der Waals surface area contributed by atoms with Crippen LogP contribution >= 0.6 is 23.2 Å². The quantitative estimate of drug-likeness (QED) is 0.209. The van der Waals surface area contributed by atoms with Crippen LogP contribution in [0.15, 0.2) is 78.9 Å². The molecule has 3 rings (SSSR count). The first-order valence-corrected chi connectivity index (χ1v) is 16.3. The molecule has 10 heteroatoms. The molecule has 220 valence electrons. The van der Waals surface area contributed by atoms with Crippen molar-refractivity contribution in [2.45, 2.75) is 51.6 Å². The van der Waals surface area contributed by atoms with Crippen LogP contribution in [0.25, 0.3) is 0 Å². The second-order valence-electron chi connectivity index (χ2n) is 9.89. The van der Waals surface area contributed by atoms with E-state index in [1.165, 1.54) is 4.31 Å². The molecule has 2 amide bonds. The maximum atomic E-state index is 13.9. The second kappa shape index (κ2) is 15.8. The van der Waals surface area contributed by atoms with Gasteiger partial charge in [-0.3, -0.25) is 13.9 Å². The van der Waals surface area contributed by atoms with Crippen molar-refractivity contribution in [3.05, 3.63) is 100 Å². The van der Waals surface area contributed by atoms with Gasteiger partial charge in [-0.25, -0.2) is 8.42 Å². The molecule has 41 heavy (non-hydrogen) atoms. The van der Waals surface area contributed by atoms with E-state index >= 15 is 0 Å². The van der Waals surface area contributed by atoms with Crippen molar-refractivity contribution in [3.63, 3.8) is 0 Å². The molecular weight excluding hydrogens is 581 g/mol. The highest BCUT2D eigenvalue weighted by Crippen LogP contribution is 2.25. The minimum Gasteiger partial charge on any atom is -0.354 e. The number of para-hydroxylation sites is 1. The molecule has 0 aliphatic rings. The summed E-state index contributed by atoms with van der Waals surface area (Å²) < 4.78 is 26.3. The third-order valence-corrected chi connectivity index (χ3v) is 8.57. The average molecular weight is 619 g/mol. The molecule has 0 fully saturated rings. The number of carbonyl (C=O) groups is 2. The fourth-order valence-corrected chi connectivity index (χ4v) is 5.78. The standard InChI is InChI=1S/C31H37Cl2N3O4S/c1-3-4-19-34-31(38)29(22-24-12-7-5-8-13-24)35(23-25-17-18-27(32)28(33)21-25)30(37)16-11-20-36(41(2,39)40)26-14-9-6-10-15-26/h5-10,12-15,17-18,21,29H,3-4,11,16,19-20,22-23H2,1-2H3,(H,34,38). The first-order valence-electron chi connectivity index (χ1n) is 13.7. The number of rotatable bonds is 15. The van der Waals surface area contributed by atoms with E-state index < -0.39 is 16.1 Å². The molecule has 7 nitrogen and oxygen atoms in total. The number of hydrogen-bond donors (Lipinski definition) is 1. The maximum Gasteiger partial charge on any atom is 0.243 e. The Bertz CT molecular complexity index is 1390. The highest BCUT2D eigenvalue weighted by Gasteiger charge is 2.30. The Balaban J connectivity index is 1.88. The Morgan fingerprint density at radius 3 is 2.15 bits per heavy atom. The van der Waals surface area contributed by atoms with E-state index in [4.69, 9.17) is 23.2 Å². The zero-order chi connectivity index (χ0) is 29.8. The molecular formula is C31H37Cl2N3O4S. The molecule has 0 radical (unpaired) electrons. The molecule has 1 unspecified atom stereocenters. The number of carbonyl (C=O) groups excluding carboxylic acids is 2. The average Bonchev–Trinajstić information content (AvgIpc) is 2.95. The monoisotopic (exact) mass is 617 g/mol. The first-order chi connectivity index (χ1) is 19.6. The molecule has 0 aliphatic heterocycles. The van der Waals surface area contributed by atoms with Crippen LogP contribution in [-0.2, 0) is 32.6 Å². The number of nitrogens with one attached hydrogen (secondary N) is 1. The minimum absolute atomic E-state index is 0.0493. The Kier molecular flexibility index (Phi) is 12.5. The van der Waals surface area contributed by atoms with Gasteiger partial charge in [0.15, 0.2) is 0 Å². The van der Waals surface area contributed by atoms with Crippen LogP contribution < -0.4 is 9.62 Å². The van der Waals surface area contributed by atoms with E-state index in [2.05, 4.69) is 5.32 Å². The lowest BCUT2D eigenvalue weighted by atomic mass is 10.0. The van der Waals surface area contributed by atoms with Crippen molar-refractivity contribution in [2.75, 3.05) is 23.7 Å². The summed E-state index contributed by atoms with van der Waals surface area (Å²) in [7, 11) is -3.56. The third-order valence-electron chi connectivity index (χ3n) is 6.63. The fraction of sp³-hybridized carbons (Fsp3) is 0.355. The molecule has 0 heterocycles. The fourth-order valence-electron chi connectivity index (χ4n) is 4.49. The van der Waals surface area contributed by atoms with Gasteiger partial charge in [0.05, 0.1) is 22.0 Å². The van der Waals surface area contributed by atoms with E-state index in [0.717, 1.165) is 30.2 Å². The van der Waals surface area contributed by atoms with E-state index in [1.54, 1.807) is 47.4 Å². The van der Waals surface area contributed by atoms with Gasteiger partial charge in [-0.1, -0.05) is 91.1 Å². The third kappa shape index (κ3) is 10.1. The van der Waals surface area contributed by atoms with E-state index in [-0.39, 0.29) is 37.7 Å². The number of unbranched alkanes of at least 4 members (excludes halogenated alkanes) is 1. The highest BCUT2D eigenvalue weighted by molar-refractivity contribution is 7.92. The molecule has 3 aromatic rings. The number of benzene rings is 3. The van der Waals surface area contributed by atoms with Gasteiger partial charge >= 0.3 is 0 Å². The number of amides is 2. The molecule has 0 spiro atoms. The molecule has 0 saturated carbocycles. The summed E-state index contributed by atoms with van der Waals surface area (Å²) in [6, 6.07) is 22.7. The van der Waals surface area contributed by atoms with Crippen LogP contribution in [0.3, 0.4) is 0 Å². The lowest BCUT2D eigenvalue weighted by Crippen LogP contribution is -2.50. The van der Waals surface area contributed by atoms with Crippen molar-refractivity contribution in [1.29, 1.82) is 0 Å². The molecule has 1 N–H and O–H groups in total. The lowest BCUT2D eigenvalue weighted by molar-refractivity contribution is -0.141. The van der Waals surface area contributed by atoms with E-state index in [9.17, 15) is 18.0 Å². The Hall–Kier alpha value is -3.07. The predicted molar refractivity (Wildman–Crippen MR) is 167 cm³/mol. The van der Waals surface area contributed by atoms with Crippen LogP contribution in [0.4, 0.5) is 5.69 Å². The molecule has 0 aliphatic carbocycles. The predicted octanol–water partition coefficient (Wildman–Crippen LogP) is 6.10. The topological polar surface area (TPSA) is 86.8 Å². The van der Waals surface area contributed by atoms with Crippen LogP contribution in [0, 0.1) is 0 Å². The maximum absolute atomic E-state index is 13.9. The van der Waals surface area contributed by atoms with E-state index in [0.29, 0.717) is 28.7 Å². The van der Waals surface area contributed by atoms with Crippen molar-refractivity contribution < 1.29 is 18.0 Å². The van der Waals surface area contributed by atoms with Crippen molar-refractivity contribution in [3.8, 4) is 0 Å². The van der Waals surface area contributed by atoms with Gasteiger partial charge < -0.3 is 10.2 Å². The van der Waals surface area contributed by atoms with Gasteiger partial charge in [0.1, 0.15) is 6.04 Å². The molecule has 0 aromatic heterocycles. The summed E-state index contributed by atoms with van der Waals surface area (Å²) in [4.78, 5) is 29.0. The summed E-state index contributed by atoms with van der Waals surface area (Å²) in [5, 5.41) is 3.75. The van der Waals surface area contributed by atoms with Crippen molar-refractivity contribution in [2.24, 2.45) is 0 Å². The molecule has 1 atom stereocenters. The molecule has 0 saturated heterocycles. The summed E-state index contributed by atoms with van der Waals surface area (Å²) in [5.41, 5.74) is 2.18. The zero-order valence-corrected chi connectivity index (χ0v) is 25.8. The Morgan fingerprint density at radius 1 is 0.878 bits per heavy atom. The van der Waals surface area contributed by atoms with Gasteiger partial charge in [-0.05, 0) is 48.2 Å². The smallest absolute Gasteiger partial charge is 0.243 e.